The van der Waals surface area contributed by atoms with Gasteiger partial charge in [0.05, 0.1) is 11.4 Å². The summed E-state index contributed by atoms with van der Waals surface area (Å²) in [5.41, 5.74) is 5.21. The maximum atomic E-state index is 13.4. The number of hydroxylamine groups is 1. The molecule has 33 heavy (non-hydrogen) atoms. The largest absolute Gasteiger partial charge is 0.379 e. The first-order chi connectivity index (χ1) is 15.8. The molecule has 2 unspecified atom stereocenters. The first kappa shape index (κ1) is 22.6. The minimum absolute atomic E-state index is 0.00310. The molecule has 0 spiro atoms. The Morgan fingerprint density at radius 2 is 1.97 bits per heavy atom. The molecule has 1 saturated heterocycles. The number of nitrogens with one attached hydrogen (secondary N) is 1. The van der Waals surface area contributed by atoms with E-state index in [4.69, 9.17) is 9.36 Å². The van der Waals surface area contributed by atoms with Crippen LogP contribution in [0.2, 0.25) is 0 Å². The number of carbonyl (C=O) groups excluding carboxylic acids is 2. The zero-order chi connectivity index (χ0) is 23.5. The Kier molecular flexibility index (Phi) is 6.48. The number of hydrogen-bond donors (Lipinski definition) is 1. The third kappa shape index (κ3) is 4.76. The van der Waals surface area contributed by atoms with E-state index in [0.29, 0.717) is 24.5 Å². The van der Waals surface area contributed by atoms with Crippen LogP contribution >= 0.6 is 0 Å². The summed E-state index contributed by atoms with van der Waals surface area (Å²) in [5.74, 6) is 0.0845. The lowest BCUT2D eigenvalue weighted by molar-refractivity contribution is -0.143. The van der Waals surface area contributed by atoms with Gasteiger partial charge in [0.1, 0.15) is 17.7 Å². The molecule has 9 nitrogen and oxygen atoms in total. The number of hydrogen-bond acceptors (Lipinski definition) is 6. The average molecular weight is 452 g/mol. The number of likely N-dealkylation sites (tertiary alicyclic amines) is 1. The Morgan fingerprint density at radius 3 is 2.58 bits per heavy atom. The van der Waals surface area contributed by atoms with Gasteiger partial charge in [0.2, 0.25) is 5.91 Å². The highest BCUT2D eigenvalue weighted by Gasteiger charge is 2.40. The van der Waals surface area contributed by atoms with Crippen molar-refractivity contribution < 1.29 is 18.9 Å². The van der Waals surface area contributed by atoms with Crippen molar-refractivity contribution in [2.75, 3.05) is 6.54 Å². The van der Waals surface area contributed by atoms with Crippen LogP contribution in [0, 0.1) is 12.8 Å². The maximum Gasteiger partial charge on any atom is 0.275 e. The first-order valence-electron chi connectivity index (χ1n) is 11.1. The van der Waals surface area contributed by atoms with Gasteiger partial charge >= 0.3 is 0 Å². The summed E-state index contributed by atoms with van der Waals surface area (Å²) in [6.07, 6.45) is 3.08. The first-order valence-corrected chi connectivity index (χ1v) is 11.1. The highest BCUT2D eigenvalue weighted by Crippen LogP contribution is 2.31. The minimum atomic E-state index is -0.587. The van der Waals surface area contributed by atoms with E-state index in [1.807, 2.05) is 46.0 Å². The average Bonchev–Trinajstić information content (AvgIpc) is 3.53. The molecule has 1 fully saturated rings. The predicted molar refractivity (Wildman–Crippen MR) is 121 cm³/mol. The van der Waals surface area contributed by atoms with Gasteiger partial charge in [-0.3, -0.25) is 14.3 Å². The Labute approximate surface area is 192 Å². The molecule has 1 aliphatic heterocycles. The highest BCUT2D eigenvalue weighted by atomic mass is 16.7. The van der Waals surface area contributed by atoms with E-state index in [9.17, 15) is 9.59 Å². The summed E-state index contributed by atoms with van der Waals surface area (Å²) < 4.78 is 7.17. The van der Waals surface area contributed by atoms with Crippen LogP contribution in [0.15, 0.2) is 47.1 Å². The summed E-state index contributed by atoms with van der Waals surface area (Å²) in [5, 5.41) is 8.09. The molecule has 9 heteroatoms. The fraction of sp³-hybridized carbons (Fsp3) is 0.417. The standard InChI is InChI=1S/C24H29N5O4/c1-15(2)22(21-14-16(3)26-33-21)24(31)29-13-5-6-20(29)23(30)27-32-18-9-7-17(8-10-18)19-11-12-25-28(19)4/h7-12,14-15,20,22H,5-6,13H2,1-4H3,(H,27,30). The van der Waals surface area contributed by atoms with Gasteiger partial charge in [-0.2, -0.15) is 10.6 Å². The molecule has 0 saturated carbocycles. The van der Waals surface area contributed by atoms with Crippen LogP contribution in [0.4, 0.5) is 0 Å². The second kappa shape index (κ2) is 9.48. The summed E-state index contributed by atoms with van der Waals surface area (Å²) in [4.78, 5) is 33.4. The van der Waals surface area contributed by atoms with E-state index in [0.717, 1.165) is 23.4 Å². The van der Waals surface area contributed by atoms with Gasteiger partial charge in [-0.1, -0.05) is 19.0 Å². The van der Waals surface area contributed by atoms with Crippen LogP contribution in [0.3, 0.4) is 0 Å². The smallest absolute Gasteiger partial charge is 0.275 e. The Bertz CT molecular complexity index is 1120. The molecular weight excluding hydrogens is 422 g/mol. The van der Waals surface area contributed by atoms with Crippen LogP contribution in [-0.2, 0) is 16.6 Å². The van der Waals surface area contributed by atoms with Gasteiger partial charge in [-0.05, 0) is 56.0 Å². The molecule has 2 atom stereocenters. The second-order valence-electron chi connectivity index (χ2n) is 8.71. The number of nitrogens with zero attached hydrogens (tertiary/aromatic N) is 4. The van der Waals surface area contributed by atoms with E-state index < -0.39 is 12.0 Å². The van der Waals surface area contributed by atoms with Gasteiger partial charge in [0, 0.05) is 31.4 Å². The van der Waals surface area contributed by atoms with E-state index in [1.54, 1.807) is 34.0 Å². The van der Waals surface area contributed by atoms with Crippen molar-refractivity contribution in [3.05, 3.63) is 54.0 Å². The number of amides is 2. The quantitative estimate of drug-likeness (QED) is 0.554. The number of benzene rings is 1. The molecular formula is C24H29N5O4. The van der Waals surface area contributed by atoms with Crippen molar-refractivity contribution in [1.29, 1.82) is 0 Å². The number of aromatic nitrogens is 3. The van der Waals surface area contributed by atoms with Gasteiger partial charge in [-0.25, -0.2) is 0 Å². The number of rotatable bonds is 7. The van der Waals surface area contributed by atoms with Crippen molar-refractivity contribution >= 4 is 11.8 Å². The number of aryl methyl sites for hydroxylation is 2. The predicted octanol–water partition coefficient (Wildman–Crippen LogP) is 3.22. The fourth-order valence-electron chi connectivity index (χ4n) is 4.27. The molecule has 0 radical (unpaired) electrons. The molecule has 3 heterocycles. The monoisotopic (exact) mass is 451 g/mol. The normalized spacial score (nSPS) is 16.8. The molecule has 0 aliphatic carbocycles. The lowest BCUT2D eigenvalue weighted by Crippen LogP contribution is -2.48. The molecule has 174 valence electrons. The van der Waals surface area contributed by atoms with Gasteiger partial charge in [0.15, 0.2) is 5.75 Å². The van der Waals surface area contributed by atoms with Gasteiger partial charge < -0.3 is 14.3 Å². The zero-order valence-electron chi connectivity index (χ0n) is 19.3. The SMILES string of the molecule is Cc1cc(C(C(=O)N2CCCC2C(=O)NOc2ccc(-c3ccnn3C)cc2)C(C)C)on1. The maximum absolute atomic E-state index is 13.4. The van der Waals surface area contributed by atoms with Crippen LogP contribution in [0.25, 0.3) is 11.3 Å². The van der Waals surface area contributed by atoms with Gasteiger partial charge in [-0.15, -0.1) is 0 Å². The van der Waals surface area contributed by atoms with Crippen LogP contribution < -0.4 is 10.3 Å². The fourth-order valence-corrected chi connectivity index (χ4v) is 4.27. The molecule has 1 aliphatic rings. The molecule has 2 amide bonds. The van der Waals surface area contributed by atoms with Crippen LogP contribution in [0.1, 0.15) is 44.1 Å². The van der Waals surface area contributed by atoms with E-state index in [-0.39, 0.29) is 17.7 Å². The topological polar surface area (TPSA) is 102 Å². The lowest BCUT2D eigenvalue weighted by Gasteiger charge is -2.28. The summed E-state index contributed by atoms with van der Waals surface area (Å²) in [7, 11) is 1.88. The van der Waals surface area contributed by atoms with Crippen molar-refractivity contribution in [3.63, 3.8) is 0 Å². The Morgan fingerprint density at radius 1 is 1.21 bits per heavy atom. The summed E-state index contributed by atoms with van der Waals surface area (Å²) >= 11 is 0. The lowest BCUT2D eigenvalue weighted by atomic mass is 9.91. The zero-order valence-corrected chi connectivity index (χ0v) is 19.3. The van der Waals surface area contributed by atoms with Crippen molar-refractivity contribution in [1.82, 2.24) is 25.3 Å². The van der Waals surface area contributed by atoms with Crippen LogP contribution in [-0.4, -0.2) is 44.2 Å². The molecule has 3 aromatic rings. The third-order valence-electron chi connectivity index (χ3n) is 5.96. The molecule has 1 N–H and O–H groups in total. The van der Waals surface area contributed by atoms with Crippen molar-refractivity contribution in [2.24, 2.45) is 13.0 Å². The number of carbonyl (C=O) groups is 2. The van der Waals surface area contributed by atoms with E-state index in [1.165, 1.54) is 0 Å². The minimum Gasteiger partial charge on any atom is -0.379 e. The van der Waals surface area contributed by atoms with E-state index >= 15 is 0 Å². The Hall–Kier alpha value is -3.62. The summed E-state index contributed by atoms with van der Waals surface area (Å²) in [6.45, 7) is 6.27. The second-order valence-corrected chi connectivity index (χ2v) is 8.71. The molecule has 4 rings (SSSR count). The van der Waals surface area contributed by atoms with Crippen molar-refractivity contribution in [3.8, 4) is 17.0 Å². The molecule has 2 aromatic heterocycles. The van der Waals surface area contributed by atoms with Crippen molar-refractivity contribution in [2.45, 2.75) is 45.6 Å². The molecule has 1 aromatic carbocycles. The van der Waals surface area contributed by atoms with E-state index in [2.05, 4.69) is 15.7 Å². The molecule has 0 bridgehead atoms. The van der Waals surface area contributed by atoms with Crippen LogP contribution in [0.5, 0.6) is 5.75 Å². The highest BCUT2D eigenvalue weighted by molar-refractivity contribution is 5.90. The third-order valence-corrected chi connectivity index (χ3v) is 5.96. The summed E-state index contributed by atoms with van der Waals surface area (Å²) in [6, 6.07) is 10.5. The Balaban J connectivity index is 1.40. The van der Waals surface area contributed by atoms with Gasteiger partial charge in [0.25, 0.3) is 5.91 Å².